The molecule has 0 aliphatic rings. The molecule has 0 unspecified atom stereocenters. The highest BCUT2D eigenvalue weighted by Crippen LogP contribution is 2.45. The van der Waals surface area contributed by atoms with Crippen LogP contribution < -0.4 is 9.80 Å². The van der Waals surface area contributed by atoms with Gasteiger partial charge in [-0.15, -0.1) is 0 Å². The zero-order valence-corrected chi connectivity index (χ0v) is 39.3. The summed E-state index contributed by atoms with van der Waals surface area (Å²) in [6.07, 6.45) is 0. The van der Waals surface area contributed by atoms with E-state index in [4.69, 9.17) is 0 Å². The van der Waals surface area contributed by atoms with Crippen LogP contribution in [0.3, 0.4) is 0 Å². The Morgan fingerprint density at radius 1 is 0.219 bits per heavy atom. The number of aromatic nitrogens is 3. The molecule has 14 rings (SSSR count). The molecule has 3 heterocycles. The number of hydrogen-bond donors (Lipinski definition) is 0. The largest absolute Gasteiger partial charge is 0.310 e. The number of para-hydroxylation sites is 5. The molecule has 346 valence electrons. The molecule has 0 aliphatic carbocycles. The quantitative estimate of drug-likeness (QED) is 0.144. The standard InChI is InChI=1S/C66H43F2N5/c67-44-16-14-24-49(38-44)69(51-30-34-63-57(40-51)55-26-10-12-28-61(55)71(63)46-18-4-1-5-19-46)53-32-36-65-59(42-53)60-43-54(33-37-66(60)73(65)48-22-8-3-9-23-48)70(50-25-15-17-45(68)39-50)52-31-35-64-58(41-52)56-27-11-13-29-62(56)72(64)47-20-6-2-7-21-47/h1-43H. The third-order valence-corrected chi connectivity index (χ3v) is 14.3. The smallest absolute Gasteiger partial charge is 0.125 e. The van der Waals surface area contributed by atoms with Gasteiger partial charge in [0.05, 0.1) is 33.1 Å². The lowest BCUT2D eigenvalue weighted by atomic mass is 10.1. The highest BCUT2D eigenvalue weighted by molar-refractivity contribution is 6.14. The summed E-state index contributed by atoms with van der Waals surface area (Å²) < 4.78 is 37.8. The molecule has 11 aromatic carbocycles. The minimum absolute atomic E-state index is 0.323. The van der Waals surface area contributed by atoms with Crippen molar-refractivity contribution in [2.24, 2.45) is 0 Å². The van der Waals surface area contributed by atoms with E-state index in [9.17, 15) is 0 Å². The highest BCUT2D eigenvalue weighted by atomic mass is 19.1. The van der Waals surface area contributed by atoms with Crippen LogP contribution in [0.2, 0.25) is 0 Å². The molecule has 5 nitrogen and oxygen atoms in total. The fourth-order valence-corrected chi connectivity index (χ4v) is 11.2. The second-order valence-electron chi connectivity index (χ2n) is 18.5. The van der Waals surface area contributed by atoms with Crippen LogP contribution in [-0.2, 0) is 0 Å². The normalized spacial score (nSPS) is 11.7. The summed E-state index contributed by atoms with van der Waals surface area (Å²) in [6, 6.07) is 88.0. The van der Waals surface area contributed by atoms with E-state index < -0.39 is 0 Å². The maximum atomic E-state index is 15.5. The first-order valence-corrected chi connectivity index (χ1v) is 24.5. The molecule has 3 aromatic heterocycles. The SMILES string of the molecule is Fc1cccc(N(c2ccc3c(c2)c2ccccc2n3-c2ccccc2)c2ccc3c(c2)c2cc(N(c4cccc(F)c4)c4ccc5c(c4)c4ccccc4n5-c4ccccc4)ccc2n3-c2ccccc2)c1. The average molecular weight is 944 g/mol. The number of fused-ring (bicyclic) bond motifs is 9. The van der Waals surface area contributed by atoms with Gasteiger partial charge in [-0.05, 0) is 158 Å². The van der Waals surface area contributed by atoms with E-state index in [-0.39, 0.29) is 11.6 Å². The van der Waals surface area contributed by atoms with E-state index in [1.165, 1.54) is 12.1 Å². The zero-order chi connectivity index (χ0) is 48.6. The van der Waals surface area contributed by atoms with Crippen molar-refractivity contribution < 1.29 is 8.78 Å². The molecular weight excluding hydrogens is 901 g/mol. The fourth-order valence-electron chi connectivity index (χ4n) is 11.2. The van der Waals surface area contributed by atoms with Crippen LogP contribution in [0.15, 0.2) is 261 Å². The molecule has 0 amide bonds. The van der Waals surface area contributed by atoms with Gasteiger partial charge in [-0.1, -0.05) is 103 Å². The molecule has 0 radical (unpaired) electrons. The van der Waals surface area contributed by atoms with E-state index in [1.807, 2.05) is 30.3 Å². The van der Waals surface area contributed by atoms with Crippen molar-refractivity contribution in [3.8, 4) is 17.1 Å². The van der Waals surface area contributed by atoms with Gasteiger partial charge in [0.15, 0.2) is 0 Å². The van der Waals surface area contributed by atoms with Gasteiger partial charge in [-0.2, -0.15) is 0 Å². The van der Waals surface area contributed by atoms with Crippen LogP contribution in [0.5, 0.6) is 0 Å². The van der Waals surface area contributed by atoms with Crippen LogP contribution in [0.1, 0.15) is 0 Å². The van der Waals surface area contributed by atoms with E-state index in [0.717, 1.165) is 105 Å². The van der Waals surface area contributed by atoms with Crippen molar-refractivity contribution in [2.75, 3.05) is 9.80 Å². The highest BCUT2D eigenvalue weighted by Gasteiger charge is 2.23. The third-order valence-electron chi connectivity index (χ3n) is 14.3. The van der Waals surface area contributed by atoms with E-state index in [1.54, 1.807) is 24.3 Å². The van der Waals surface area contributed by atoms with Crippen molar-refractivity contribution in [3.63, 3.8) is 0 Å². The van der Waals surface area contributed by atoms with Crippen molar-refractivity contribution in [1.82, 2.24) is 13.7 Å². The van der Waals surface area contributed by atoms with Gasteiger partial charge in [0.25, 0.3) is 0 Å². The van der Waals surface area contributed by atoms with Gasteiger partial charge < -0.3 is 23.5 Å². The number of nitrogens with zero attached hydrogens (tertiary/aromatic N) is 5. The molecule has 0 atom stereocenters. The predicted molar refractivity (Wildman–Crippen MR) is 299 cm³/mol. The molecular formula is C66H43F2N5. The van der Waals surface area contributed by atoms with Gasteiger partial charge in [0, 0.05) is 83.5 Å². The number of rotatable bonds is 9. The zero-order valence-electron chi connectivity index (χ0n) is 39.3. The Hall–Kier alpha value is -9.72. The fraction of sp³-hybridized carbons (Fsp3) is 0. The van der Waals surface area contributed by atoms with Crippen LogP contribution in [0.25, 0.3) is 82.5 Å². The van der Waals surface area contributed by atoms with Crippen molar-refractivity contribution >= 4 is 99.5 Å². The van der Waals surface area contributed by atoms with Crippen molar-refractivity contribution in [1.29, 1.82) is 0 Å². The van der Waals surface area contributed by atoms with Crippen LogP contribution in [-0.4, -0.2) is 13.7 Å². The first-order chi connectivity index (χ1) is 36.0. The Bertz CT molecular complexity index is 4160. The Kier molecular flexibility index (Phi) is 9.83. The molecule has 0 N–H and O–H groups in total. The van der Waals surface area contributed by atoms with Gasteiger partial charge >= 0.3 is 0 Å². The van der Waals surface area contributed by atoms with Crippen LogP contribution in [0, 0.1) is 11.6 Å². The summed E-state index contributed by atoms with van der Waals surface area (Å²) in [5, 5.41) is 6.43. The summed E-state index contributed by atoms with van der Waals surface area (Å²) in [7, 11) is 0. The molecule has 0 spiro atoms. The van der Waals surface area contributed by atoms with Crippen molar-refractivity contribution in [2.45, 2.75) is 0 Å². The number of benzene rings is 11. The third kappa shape index (κ3) is 6.96. The van der Waals surface area contributed by atoms with Gasteiger partial charge in [-0.25, -0.2) is 8.78 Å². The maximum absolute atomic E-state index is 15.5. The maximum Gasteiger partial charge on any atom is 0.125 e. The van der Waals surface area contributed by atoms with Gasteiger partial charge in [0.2, 0.25) is 0 Å². The first-order valence-electron chi connectivity index (χ1n) is 24.5. The lowest BCUT2D eigenvalue weighted by Crippen LogP contribution is -2.10. The van der Waals surface area contributed by atoms with E-state index >= 15 is 8.78 Å². The van der Waals surface area contributed by atoms with E-state index in [2.05, 4.69) is 218 Å². The summed E-state index contributed by atoms with van der Waals surface area (Å²) in [5.74, 6) is -0.646. The Morgan fingerprint density at radius 2 is 0.493 bits per heavy atom. The molecule has 0 saturated heterocycles. The first kappa shape index (κ1) is 42.2. The molecule has 14 aromatic rings. The number of hydrogen-bond acceptors (Lipinski definition) is 2. The van der Waals surface area contributed by atoms with Gasteiger partial charge in [-0.3, -0.25) is 0 Å². The summed E-state index contributed by atoms with van der Waals surface area (Å²) >= 11 is 0. The van der Waals surface area contributed by atoms with Crippen LogP contribution in [0.4, 0.5) is 42.9 Å². The van der Waals surface area contributed by atoms with Crippen LogP contribution >= 0.6 is 0 Å². The monoisotopic (exact) mass is 943 g/mol. The lowest BCUT2D eigenvalue weighted by Gasteiger charge is -2.26. The minimum Gasteiger partial charge on any atom is -0.310 e. The Morgan fingerprint density at radius 3 is 0.822 bits per heavy atom. The topological polar surface area (TPSA) is 21.3 Å². The second kappa shape index (κ2) is 17.0. The Labute approximate surface area is 419 Å². The summed E-state index contributed by atoms with van der Waals surface area (Å²) in [5.41, 5.74) is 14.5. The molecule has 0 fully saturated rings. The van der Waals surface area contributed by atoms with Crippen molar-refractivity contribution in [3.05, 3.63) is 272 Å². The molecule has 0 bridgehead atoms. The predicted octanol–water partition coefficient (Wildman–Crippen LogP) is 18.2. The molecule has 73 heavy (non-hydrogen) atoms. The van der Waals surface area contributed by atoms with E-state index in [0.29, 0.717) is 11.4 Å². The second-order valence-corrected chi connectivity index (χ2v) is 18.5. The lowest BCUT2D eigenvalue weighted by molar-refractivity contribution is 0.627. The minimum atomic E-state index is -0.323. The summed E-state index contributed by atoms with van der Waals surface area (Å²) in [4.78, 5) is 4.29. The number of anilines is 6. The Balaban J connectivity index is 0.989. The average Bonchev–Trinajstić information content (AvgIpc) is 4.07. The molecule has 0 aliphatic heterocycles. The summed E-state index contributed by atoms with van der Waals surface area (Å²) in [6.45, 7) is 0. The molecule has 0 saturated carbocycles. The van der Waals surface area contributed by atoms with Gasteiger partial charge in [0.1, 0.15) is 11.6 Å². The molecule has 7 heteroatoms. The number of halogens is 2.